The number of aromatic amines is 1. The molecule has 0 amide bonds. The molecule has 1 unspecified atom stereocenters. The van der Waals surface area contributed by atoms with Crippen LogP contribution in [0.1, 0.15) is 12.5 Å². The zero-order valence-corrected chi connectivity index (χ0v) is 12.1. The van der Waals surface area contributed by atoms with E-state index in [-0.39, 0.29) is 22.6 Å². The maximum absolute atomic E-state index is 13.4. The Kier molecular flexibility index (Phi) is 2.95. The maximum atomic E-state index is 13.4. The number of nitrogens with zero attached hydrogens (tertiary/aromatic N) is 1. The lowest BCUT2D eigenvalue weighted by Crippen LogP contribution is -2.11. The molecule has 19 heavy (non-hydrogen) atoms. The molecule has 1 atom stereocenters. The van der Waals surface area contributed by atoms with Gasteiger partial charge in [0.05, 0.1) is 33.6 Å². The SMILES string of the molecule is O=S1(=O)CCC(n2c(=S)[nH]c3cc(F)c(Cl)cc32)C1. The monoisotopic (exact) mass is 320 g/mol. The Bertz CT molecular complexity index is 825. The van der Waals surface area contributed by atoms with Crippen LogP contribution < -0.4 is 0 Å². The fraction of sp³-hybridized carbons (Fsp3) is 0.364. The second-order valence-electron chi connectivity index (χ2n) is 4.64. The van der Waals surface area contributed by atoms with Crippen LogP contribution in [0.3, 0.4) is 0 Å². The third-order valence-electron chi connectivity index (χ3n) is 3.33. The van der Waals surface area contributed by atoms with Crippen molar-refractivity contribution in [3.8, 4) is 0 Å². The lowest BCUT2D eigenvalue weighted by atomic mass is 10.2. The molecule has 4 nitrogen and oxygen atoms in total. The first-order valence-corrected chi connectivity index (χ1v) is 8.28. The van der Waals surface area contributed by atoms with Crippen molar-refractivity contribution in [2.24, 2.45) is 0 Å². The van der Waals surface area contributed by atoms with Gasteiger partial charge in [-0.3, -0.25) is 0 Å². The number of halogens is 2. The molecule has 1 fully saturated rings. The number of benzene rings is 1. The van der Waals surface area contributed by atoms with Crippen molar-refractivity contribution in [1.82, 2.24) is 9.55 Å². The first kappa shape index (κ1) is 13.1. The topological polar surface area (TPSA) is 54.9 Å². The molecule has 8 heteroatoms. The van der Waals surface area contributed by atoms with Crippen LogP contribution in [0.5, 0.6) is 0 Å². The molecule has 1 aromatic heterocycles. The fourth-order valence-electron chi connectivity index (χ4n) is 2.46. The summed E-state index contributed by atoms with van der Waals surface area (Å²) in [6.45, 7) is 0. The van der Waals surface area contributed by atoms with E-state index in [2.05, 4.69) is 4.98 Å². The van der Waals surface area contributed by atoms with E-state index >= 15 is 0 Å². The average Bonchev–Trinajstić information content (AvgIpc) is 2.79. The van der Waals surface area contributed by atoms with Crippen LogP contribution in [0, 0.1) is 10.6 Å². The largest absolute Gasteiger partial charge is 0.330 e. The predicted molar refractivity (Wildman–Crippen MR) is 74.4 cm³/mol. The van der Waals surface area contributed by atoms with Gasteiger partial charge in [0.1, 0.15) is 5.82 Å². The predicted octanol–water partition coefficient (Wildman–Crippen LogP) is 2.85. The highest BCUT2D eigenvalue weighted by molar-refractivity contribution is 7.91. The molecule has 0 aliphatic carbocycles. The normalized spacial score (nSPS) is 22.1. The second kappa shape index (κ2) is 4.29. The van der Waals surface area contributed by atoms with Crippen LogP contribution in [0.4, 0.5) is 4.39 Å². The molecule has 0 saturated carbocycles. The molecular weight excluding hydrogens is 311 g/mol. The van der Waals surface area contributed by atoms with Gasteiger partial charge in [0.15, 0.2) is 14.6 Å². The van der Waals surface area contributed by atoms with E-state index in [9.17, 15) is 12.8 Å². The van der Waals surface area contributed by atoms with E-state index in [4.69, 9.17) is 23.8 Å². The van der Waals surface area contributed by atoms with E-state index in [0.29, 0.717) is 22.2 Å². The molecule has 0 bridgehead atoms. The number of sulfone groups is 1. The zero-order valence-electron chi connectivity index (χ0n) is 9.69. The summed E-state index contributed by atoms with van der Waals surface area (Å²) in [7, 11) is -3.01. The second-order valence-corrected chi connectivity index (χ2v) is 7.66. The molecule has 102 valence electrons. The summed E-state index contributed by atoms with van der Waals surface area (Å²) < 4.78 is 38.6. The zero-order chi connectivity index (χ0) is 13.8. The van der Waals surface area contributed by atoms with Crippen LogP contribution >= 0.6 is 23.8 Å². The molecule has 1 aliphatic heterocycles. The highest BCUT2D eigenvalue weighted by atomic mass is 35.5. The Labute approximate surface area is 119 Å². The summed E-state index contributed by atoms with van der Waals surface area (Å²) in [5.74, 6) is -0.318. The van der Waals surface area contributed by atoms with Gasteiger partial charge >= 0.3 is 0 Å². The molecule has 1 saturated heterocycles. The third-order valence-corrected chi connectivity index (χ3v) is 5.67. The van der Waals surface area contributed by atoms with Gasteiger partial charge in [-0.15, -0.1) is 0 Å². The molecule has 3 rings (SSSR count). The Morgan fingerprint density at radius 1 is 1.47 bits per heavy atom. The maximum Gasteiger partial charge on any atom is 0.178 e. The number of imidazole rings is 1. The van der Waals surface area contributed by atoms with Crippen molar-refractivity contribution in [1.29, 1.82) is 0 Å². The lowest BCUT2D eigenvalue weighted by Gasteiger charge is -2.11. The Morgan fingerprint density at radius 2 is 2.21 bits per heavy atom. The first-order chi connectivity index (χ1) is 8.87. The minimum Gasteiger partial charge on any atom is -0.330 e. The molecule has 2 heterocycles. The van der Waals surface area contributed by atoms with Crippen LogP contribution in [-0.4, -0.2) is 29.5 Å². The Morgan fingerprint density at radius 3 is 2.84 bits per heavy atom. The number of fused-ring (bicyclic) bond motifs is 1. The number of nitrogens with one attached hydrogen (secondary N) is 1. The van der Waals surface area contributed by atoms with Gasteiger partial charge in [0, 0.05) is 6.07 Å². The van der Waals surface area contributed by atoms with E-state index < -0.39 is 15.7 Å². The smallest absolute Gasteiger partial charge is 0.178 e. The summed E-state index contributed by atoms with van der Waals surface area (Å²) in [5.41, 5.74) is 1.16. The number of H-pyrrole nitrogens is 1. The van der Waals surface area contributed by atoms with Crippen molar-refractivity contribution in [3.05, 3.63) is 27.7 Å². The van der Waals surface area contributed by atoms with Gasteiger partial charge in [0.25, 0.3) is 0 Å². The third kappa shape index (κ3) is 2.19. The van der Waals surface area contributed by atoms with E-state index in [1.807, 2.05) is 0 Å². The van der Waals surface area contributed by atoms with Crippen molar-refractivity contribution in [2.75, 3.05) is 11.5 Å². The summed E-state index contributed by atoms with van der Waals surface area (Å²) in [6.07, 6.45) is 0.512. The molecule has 1 aromatic carbocycles. The summed E-state index contributed by atoms with van der Waals surface area (Å²) in [6, 6.07) is 2.53. The van der Waals surface area contributed by atoms with Gasteiger partial charge in [-0.05, 0) is 24.7 Å². The van der Waals surface area contributed by atoms with E-state index in [1.54, 1.807) is 4.57 Å². The van der Waals surface area contributed by atoms with Crippen LogP contribution in [0.25, 0.3) is 11.0 Å². The minimum atomic E-state index is -3.01. The minimum absolute atomic E-state index is 0.00361. The fourth-order valence-corrected chi connectivity index (χ4v) is 4.68. The first-order valence-electron chi connectivity index (χ1n) is 5.67. The van der Waals surface area contributed by atoms with Crippen molar-refractivity contribution in [3.63, 3.8) is 0 Å². The van der Waals surface area contributed by atoms with Gasteiger partial charge in [-0.1, -0.05) is 11.6 Å². The number of hydrogen-bond acceptors (Lipinski definition) is 3. The number of rotatable bonds is 1. The highest BCUT2D eigenvalue weighted by Gasteiger charge is 2.30. The highest BCUT2D eigenvalue weighted by Crippen LogP contribution is 2.30. The molecule has 0 spiro atoms. The molecule has 2 aromatic rings. The van der Waals surface area contributed by atoms with Gasteiger partial charge in [-0.25, -0.2) is 12.8 Å². The van der Waals surface area contributed by atoms with Crippen LogP contribution in [-0.2, 0) is 9.84 Å². The van der Waals surface area contributed by atoms with Crippen molar-refractivity contribution >= 4 is 44.7 Å². The quantitative estimate of drug-likeness (QED) is 0.822. The average molecular weight is 321 g/mol. The number of hydrogen-bond donors (Lipinski definition) is 1. The van der Waals surface area contributed by atoms with Crippen molar-refractivity contribution < 1.29 is 12.8 Å². The summed E-state index contributed by atoms with van der Waals surface area (Å²) >= 11 is 11.0. The van der Waals surface area contributed by atoms with E-state index in [0.717, 1.165) is 0 Å². The van der Waals surface area contributed by atoms with Crippen LogP contribution in [0.15, 0.2) is 12.1 Å². The Hall–Kier alpha value is -0.920. The van der Waals surface area contributed by atoms with E-state index in [1.165, 1.54) is 12.1 Å². The summed E-state index contributed by atoms with van der Waals surface area (Å²) in [4.78, 5) is 2.88. The standard InChI is InChI=1S/C11H10ClFN2O2S2/c12-7-3-10-9(4-8(7)13)14-11(18)15(10)6-1-2-19(16,17)5-6/h3-4,6H,1-2,5H2,(H,14,18). The van der Waals surface area contributed by atoms with Gasteiger partial charge < -0.3 is 9.55 Å². The van der Waals surface area contributed by atoms with Gasteiger partial charge in [-0.2, -0.15) is 0 Å². The number of aromatic nitrogens is 2. The van der Waals surface area contributed by atoms with Crippen LogP contribution in [0.2, 0.25) is 5.02 Å². The molecule has 1 aliphatic rings. The Balaban J connectivity index is 2.22. The van der Waals surface area contributed by atoms with Gasteiger partial charge in [0.2, 0.25) is 0 Å². The van der Waals surface area contributed by atoms with Crippen molar-refractivity contribution in [2.45, 2.75) is 12.5 Å². The summed E-state index contributed by atoms with van der Waals surface area (Å²) in [5, 5.41) is -0.00361. The lowest BCUT2D eigenvalue weighted by molar-refractivity contribution is 0.563. The molecule has 0 radical (unpaired) electrons. The molecule has 1 N–H and O–H groups in total. The molecular formula is C11H10ClFN2O2S2.